The molecule has 0 bridgehead atoms. The zero-order valence-corrected chi connectivity index (χ0v) is 18.9. The second-order valence-corrected chi connectivity index (χ2v) is 8.13. The molecule has 4 heterocycles. The topological polar surface area (TPSA) is 88.2 Å². The van der Waals surface area contributed by atoms with Crippen LogP contribution in [0.2, 0.25) is 5.02 Å². The second kappa shape index (κ2) is 10.2. The number of rotatable bonds is 6. The van der Waals surface area contributed by atoms with E-state index < -0.39 is 0 Å². The standard InChI is InChI=1S/C23H25ClN6O3/c24-18-3-1-2-17(14-18)20-5-4-19(33-20)16-25-28-21-15-22(29-6-10-31-11-7-29)27-23(26-21)30-8-12-32-13-9-30/h1-5,14-16H,6-13H2,(H,26,27,28)/b25-16+. The zero-order chi connectivity index (χ0) is 22.5. The molecule has 172 valence electrons. The van der Waals surface area contributed by atoms with Crippen LogP contribution in [0.4, 0.5) is 17.6 Å². The highest BCUT2D eigenvalue weighted by Gasteiger charge is 2.19. The van der Waals surface area contributed by atoms with Gasteiger partial charge in [0.1, 0.15) is 17.3 Å². The maximum Gasteiger partial charge on any atom is 0.229 e. The Hall–Kier alpha value is -3.14. The van der Waals surface area contributed by atoms with E-state index in [4.69, 9.17) is 30.5 Å². The van der Waals surface area contributed by atoms with Crippen molar-refractivity contribution >= 4 is 35.4 Å². The van der Waals surface area contributed by atoms with Crippen LogP contribution < -0.4 is 15.2 Å². The van der Waals surface area contributed by atoms with Crippen LogP contribution in [0.1, 0.15) is 5.76 Å². The maximum atomic E-state index is 6.08. The van der Waals surface area contributed by atoms with Crippen molar-refractivity contribution in [1.29, 1.82) is 0 Å². The lowest BCUT2D eigenvalue weighted by Crippen LogP contribution is -2.39. The third-order valence-electron chi connectivity index (χ3n) is 5.44. The number of morpholine rings is 2. The van der Waals surface area contributed by atoms with Gasteiger partial charge in [-0.3, -0.25) is 5.43 Å². The highest BCUT2D eigenvalue weighted by atomic mass is 35.5. The van der Waals surface area contributed by atoms with Crippen molar-refractivity contribution in [2.24, 2.45) is 5.10 Å². The van der Waals surface area contributed by atoms with Gasteiger partial charge >= 0.3 is 0 Å². The molecule has 0 aliphatic carbocycles. The van der Waals surface area contributed by atoms with E-state index in [1.165, 1.54) is 0 Å². The molecule has 2 fully saturated rings. The largest absolute Gasteiger partial charge is 0.455 e. The van der Waals surface area contributed by atoms with Crippen LogP contribution in [0.5, 0.6) is 0 Å². The number of anilines is 3. The van der Waals surface area contributed by atoms with Crippen LogP contribution in [-0.4, -0.2) is 68.8 Å². The summed E-state index contributed by atoms with van der Waals surface area (Å²) in [5, 5.41) is 5.00. The molecule has 1 aromatic carbocycles. The Morgan fingerprint density at radius 2 is 1.67 bits per heavy atom. The van der Waals surface area contributed by atoms with E-state index in [1.807, 2.05) is 42.5 Å². The van der Waals surface area contributed by atoms with Crippen LogP contribution in [0.25, 0.3) is 11.3 Å². The number of nitrogens with one attached hydrogen (secondary N) is 1. The number of benzene rings is 1. The Morgan fingerprint density at radius 3 is 2.42 bits per heavy atom. The van der Waals surface area contributed by atoms with Crippen molar-refractivity contribution in [3.63, 3.8) is 0 Å². The SMILES string of the molecule is Clc1cccc(-c2ccc(/C=N/Nc3cc(N4CCOCC4)nc(N4CCOCC4)n3)o2)c1. The average molecular weight is 469 g/mol. The molecule has 0 radical (unpaired) electrons. The predicted octanol–water partition coefficient (Wildman–Crippen LogP) is 3.51. The molecule has 10 heteroatoms. The van der Waals surface area contributed by atoms with Gasteiger partial charge < -0.3 is 23.7 Å². The molecular weight excluding hydrogens is 444 g/mol. The van der Waals surface area contributed by atoms with Gasteiger partial charge in [-0.2, -0.15) is 15.1 Å². The Morgan fingerprint density at radius 1 is 0.909 bits per heavy atom. The summed E-state index contributed by atoms with van der Waals surface area (Å²) in [6, 6.07) is 13.2. The zero-order valence-electron chi connectivity index (χ0n) is 18.1. The molecule has 0 amide bonds. The molecule has 2 aliphatic rings. The lowest BCUT2D eigenvalue weighted by molar-refractivity contribution is 0.121. The predicted molar refractivity (Wildman–Crippen MR) is 128 cm³/mol. The van der Waals surface area contributed by atoms with Gasteiger partial charge in [0.15, 0.2) is 5.82 Å². The normalized spacial score (nSPS) is 17.0. The fourth-order valence-electron chi connectivity index (χ4n) is 3.72. The number of hydrazone groups is 1. The van der Waals surface area contributed by atoms with Gasteiger partial charge in [-0.1, -0.05) is 23.7 Å². The second-order valence-electron chi connectivity index (χ2n) is 7.69. The fraction of sp³-hybridized carbons (Fsp3) is 0.348. The molecule has 0 unspecified atom stereocenters. The maximum absolute atomic E-state index is 6.08. The fourth-order valence-corrected chi connectivity index (χ4v) is 3.91. The first-order valence-electron chi connectivity index (χ1n) is 10.9. The van der Waals surface area contributed by atoms with Crippen LogP contribution >= 0.6 is 11.6 Å². The summed E-state index contributed by atoms with van der Waals surface area (Å²) in [7, 11) is 0. The monoisotopic (exact) mass is 468 g/mol. The smallest absolute Gasteiger partial charge is 0.229 e. The van der Waals surface area contributed by atoms with Crippen LogP contribution in [0.3, 0.4) is 0 Å². The van der Waals surface area contributed by atoms with Crippen molar-refractivity contribution in [2.75, 3.05) is 67.8 Å². The highest BCUT2D eigenvalue weighted by Crippen LogP contribution is 2.25. The summed E-state index contributed by atoms with van der Waals surface area (Å²) in [6.45, 7) is 5.80. The molecule has 2 aliphatic heterocycles. The summed E-state index contributed by atoms with van der Waals surface area (Å²) in [5.41, 5.74) is 3.94. The van der Waals surface area contributed by atoms with Crippen molar-refractivity contribution in [3.8, 4) is 11.3 Å². The van der Waals surface area contributed by atoms with Crippen LogP contribution in [-0.2, 0) is 9.47 Å². The van der Waals surface area contributed by atoms with E-state index in [1.54, 1.807) is 6.21 Å². The van der Waals surface area contributed by atoms with E-state index in [2.05, 4.69) is 25.3 Å². The van der Waals surface area contributed by atoms with E-state index in [9.17, 15) is 0 Å². The van der Waals surface area contributed by atoms with Crippen LogP contribution in [0, 0.1) is 0 Å². The number of aromatic nitrogens is 2. The van der Waals surface area contributed by atoms with Crippen molar-refractivity contribution < 1.29 is 13.9 Å². The number of furan rings is 1. The number of halogens is 1. The summed E-state index contributed by atoms with van der Waals surface area (Å²) in [4.78, 5) is 13.8. The van der Waals surface area contributed by atoms with Gasteiger partial charge in [0, 0.05) is 42.8 Å². The van der Waals surface area contributed by atoms with Crippen LogP contribution in [0.15, 0.2) is 52.0 Å². The minimum absolute atomic E-state index is 0.617. The summed E-state index contributed by atoms with van der Waals surface area (Å²) in [5.74, 6) is 3.49. The molecule has 0 spiro atoms. The summed E-state index contributed by atoms with van der Waals surface area (Å²) in [6.07, 6.45) is 1.62. The summed E-state index contributed by atoms with van der Waals surface area (Å²) < 4.78 is 16.8. The van der Waals surface area contributed by atoms with Gasteiger partial charge in [-0.15, -0.1) is 0 Å². The Bertz CT molecular complexity index is 1070. The highest BCUT2D eigenvalue weighted by molar-refractivity contribution is 6.30. The first kappa shape index (κ1) is 21.7. The molecule has 0 saturated carbocycles. The van der Waals surface area contributed by atoms with E-state index in [0.717, 1.165) is 43.3 Å². The lowest BCUT2D eigenvalue weighted by Gasteiger charge is -2.31. The van der Waals surface area contributed by atoms with E-state index in [-0.39, 0.29) is 0 Å². The molecule has 3 aromatic rings. The molecule has 2 saturated heterocycles. The first-order valence-corrected chi connectivity index (χ1v) is 11.3. The third kappa shape index (κ3) is 5.44. The number of nitrogens with zero attached hydrogens (tertiary/aromatic N) is 5. The minimum atomic E-state index is 0.617. The quantitative estimate of drug-likeness (QED) is 0.434. The Labute approximate surface area is 197 Å². The van der Waals surface area contributed by atoms with Gasteiger partial charge in [0.05, 0.1) is 32.6 Å². The number of hydrogen-bond acceptors (Lipinski definition) is 9. The summed E-state index contributed by atoms with van der Waals surface area (Å²) >= 11 is 6.08. The van der Waals surface area contributed by atoms with E-state index in [0.29, 0.717) is 49.0 Å². The van der Waals surface area contributed by atoms with Gasteiger partial charge in [0.2, 0.25) is 5.95 Å². The molecular formula is C23H25ClN6O3. The minimum Gasteiger partial charge on any atom is -0.455 e. The van der Waals surface area contributed by atoms with Gasteiger partial charge in [-0.05, 0) is 24.3 Å². The average Bonchev–Trinajstić information content (AvgIpc) is 3.34. The van der Waals surface area contributed by atoms with Gasteiger partial charge in [0.25, 0.3) is 0 Å². The van der Waals surface area contributed by atoms with Crippen molar-refractivity contribution in [2.45, 2.75) is 0 Å². The molecule has 9 nitrogen and oxygen atoms in total. The lowest BCUT2D eigenvalue weighted by atomic mass is 10.2. The number of hydrogen-bond donors (Lipinski definition) is 1. The first-order chi connectivity index (χ1) is 16.2. The third-order valence-corrected chi connectivity index (χ3v) is 5.67. The molecule has 5 rings (SSSR count). The van der Waals surface area contributed by atoms with Crippen molar-refractivity contribution in [3.05, 3.63) is 53.2 Å². The Balaban J connectivity index is 1.33. The molecule has 1 N–H and O–H groups in total. The van der Waals surface area contributed by atoms with Gasteiger partial charge in [-0.25, -0.2) is 0 Å². The van der Waals surface area contributed by atoms with Crippen molar-refractivity contribution in [1.82, 2.24) is 9.97 Å². The molecule has 33 heavy (non-hydrogen) atoms. The van der Waals surface area contributed by atoms with E-state index >= 15 is 0 Å². The Kier molecular flexibility index (Phi) is 6.71. The molecule has 0 atom stereocenters. The molecule has 2 aromatic heterocycles. The number of ether oxygens (including phenoxy) is 2.